The molecule has 0 amide bonds. The van der Waals surface area contributed by atoms with Gasteiger partial charge in [0.1, 0.15) is 0 Å². The molecule has 0 heterocycles. The molecule has 2 nitrogen and oxygen atoms in total. The molecule has 0 aromatic carbocycles. The summed E-state index contributed by atoms with van der Waals surface area (Å²) in [6, 6.07) is 0. The second-order valence-electron chi connectivity index (χ2n) is 4.49. The number of hydrogen-bond donors (Lipinski definition) is 0. The Kier molecular flexibility index (Phi) is 1.38. The first-order valence-corrected chi connectivity index (χ1v) is 5.09. The minimum Gasteiger partial charge on any atom is -0.469 e. The van der Waals surface area contributed by atoms with Crippen molar-refractivity contribution >= 4 is 5.97 Å². The number of rotatable bonds is 1. The third-order valence-corrected chi connectivity index (χ3v) is 4.22. The summed E-state index contributed by atoms with van der Waals surface area (Å²) in [5.41, 5.74) is 0. The SMILES string of the molecule is COC(=O)[C@H]1[C@@H]2C=C[C@H]3[C@@H]2CC[C@H]31. The predicted octanol–water partition coefficient (Wildman–Crippen LogP) is 1.62. The quantitative estimate of drug-likeness (QED) is 0.450. The highest BCUT2D eigenvalue weighted by Gasteiger charge is 2.58. The number of carbonyl (C=O) groups is 1. The molecule has 2 heteroatoms. The van der Waals surface area contributed by atoms with E-state index in [0.29, 0.717) is 17.8 Å². The monoisotopic (exact) mass is 178 g/mol. The highest BCUT2D eigenvalue weighted by Crippen LogP contribution is 2.60. The molecule has 0 aliphatic heterocycles. The highest BCUT2D eigenvalue weighted by molar-refractivity contribution is 5.74. The van der Waals surface area contributed by atoms with E-state index in [1.165, 1.54) is 20.0 Å². The zero-order valence-electron chi connectivity index (χ0n) is 7.77. The van der Waals surface area contributed by atoms with Crippen LogP contribution in [0.4, 0.5) is 0 Å². The maximum atomic E-state index is 11.5. The van der Waals surface area contributed by atoms with E-state index in [1.54, 1.807) is 0 Å². The van der Waals surface area contributed by atoms with Crippen LogP contribution < -0.4 is 0 Å². The number of ether oxygens (including phenoxy) is 1. The van der Waals surface area contributed by atoms with Crippen LogP contribution in [0.15, 0.2) is 12.2 Å². The molecule has 2 fully saturated rings. The largest absolute Gasteiger partial charge is 0.469 e. The second-order valence-corrected chi connectivity index (χ2v) is 4.49. The molecule has 3 aliphatic rings. The van der Waals surface area contributed by atoms with Crippen molar-refractivity contribution in [2.75, 3.05) is 7.11 Å². The summed E-state index contributed by atoms with van der Waals surface area (Å²) in [7, 11) is 1.51. The lowest BCUT2D eigenvalue weighted by Crippen LogP contribution is -2.30. The first-order valence-electron chi connectivity index (χ1n) is 5.09. The average Bonchev–Trinajstić information content (AvgIpc) is 2.80. The van der Waals surface area contributed by atoms with Crippen molar-refractivity contribution in [2.24, 2.45) is 29.6 Å². The Balaban J connectivity index is 1.93. The molecule has 13 heavy (non-hydrogen) atoms. The summed E-state index contributed by atoms with van der Waals surface area (Å²) in [6.07, 6.45) is 7.12. The fourth-order valence-corrected chi connectivity index (χ4v) is 3.78. The van der Waals surface area contributed by atoms with Gasteiger partial charge in [-0.15, -0.1) is 0 Å². The van der Waals surface area contributed by atoms with Crippen molar-refractivity contribution in [3.63, 3.8) is 0 Å². The Morgan fingerprint density at radius 1 is 1.23 bits per heavy atom. The molecule has 0 saturated heterocycles. The van der Waals surface area contributed by atoms with Crippen molar-refractivity contribution in [2.45, 2.75) is 12.8 Å². The van der Waals surface area contributed by atoms with Crippen molar-refractivity contribution in [1.29, 1.82) is 0 Å². The van der Waals surface area contributed by atoms with Gasteiger partial charge in [-0.25, -0.2) is 0 Å². The van der Waals surface area contributed by atoms with Gasteiger partial charge in [-0.05, 0) is 36.5 Å². The molecule has 4 bridgehead atoms. The smallest absolute Gasteiger partial charge is 0.309 e. The maximum absolute atomic E-state index is 11.5. The van der Waals surface area contributed by atoms with Crippen LogP contribution in [-0.4, -0.2) is 13.1 Å². The standard InChI is InChI=1S/C11H14O2/c1-13-11(12)10-8-4-2-6-7(8)3-5-9(6)10/h2,4,6-10H,3,5H2,1H3/t6-,7-,8+,9+,10-/m0/s1. The predicted molar refractivity (Wildman–Crippen MR) is 47.8 cm³/mol. The van der Waals surface area contributed by atoms with E-state index in [0.717, 1.165) is 5.92 Å². The minimum atomic E-state index is 0.0200. The lowest BCUT2D eigenvalue weighted by molar-refractivity contribution is -0.148. The Bertz CT molecular complexity index is 282. The molecular weight excluding hydrogens is 164 g/mol. The number of esters is 1. The summed E-state index contributed by atoms with van der Waals surface area (Å²) in [4.78, 5) is 11.5. The van der Waals surface area contributed by atoms with E-state index in [9.17, 15) is 4.79 Å². The van der Waals surface area contributed by atoms with Crippen LogP contribution in [0.2, 0.25) is 0 Å². The molecule has 0 aromatic rings. The fourth-order valence-electron chi connectivity index (χ4n) is 3.78. The van der Waals surface area contributed by atoms with Crippen LogP contribution in [-0.2, 0) is 9.53 Å². The van der Waals surface area contributed by atoms with Crippen molar-refractivity contribution in [1.82, 2.24) is 0 Å². The van der Waals surface area contributed by atoms with E-state index in [1.807, 2.05) is 0 Å². The van der Waals surface area contributed by atoms with Crippen LogP contribution in [0.5, 0.6) is 0 Å². The summed E-state index contributed by atoms with van der Waals surface area (Å²) < 4.78 is 4.87. The van der Waals surface area contributed by atoms with Gasteiger partial charge in [0.15, 0.2) is 0 Å². The third kappa shape index (κ3) is 0.767. The van der Waals surface area contributed by atoms with E-state index in [-0.39, 0.29) is 11.9 Å². The zero-order chi connectivity index (χ0) is 9.00. The van der Waals surface area contributed by atoms with Gasteiger partial charge in [-0.2, -0.15) is 0 Å². The molecule has 3 rings (SSSR count). The van der Waals surface area contributed by atoms with Gasteiger partial charge in [0.05, 0.1) is 13.0 Å². The van der Waals surface area contributed by atoms with Crippen LogP contribution in [0, 0.1) is 29.6 Å². The van der Waals surface area contributed by atoms with Gasteiger partial charge in [0.2, 0.25) is 0 Å². The number of hydrogen-bond acceptors (Lipinski definition) is 2. The summed E-state index contributed by atoms with van der Waals surface area (Å²) in [6.45, 7) is 0. The zero-order valence-corrected chi connectivity index (χ0v) is 7.77. The third-order valence-electron chi connectivity index (χ3n) is 4.22. The van der Waals surface area contributed by atoms with Gasteiger partial charge < -0.3 is 4.74 Å². The van der Waals surface area contributed by atoms with Gasteiger partial charge in [0.25, 0.3) is 0 Å². The van der Waals surface area contributed by atoms with Gasteiger partial charge in [-0.1, -0.05) is 12.2 Å². The molecule has 3 aliphatic carbocycles. The van der Waals surface area contributed by atoms with Crippen molar-refractivity contribution < 1.29 is 9.53 Å². The normalized spacial score (nSPS) is 50.1. The van der Waals surface area contributed by atoms with Gasteiger partial charge in [0, 0.05) is 0 Å². The number of methoxy groups -OCH3 is 1. The van der Waals surface area contributed by atoms with Crippen molar-refractivity contribution in [3.8, 4) is 0 Å². The van der Waals surface area contributed by atoms with E-state index >= 15 is 0 Å². The molecule has 5 atom stereocenters. The summed E-state index contributed by atoms with van der Waals surface area (Å²) in [5, 5.41) is 0. The second kappa shape index (κ2) is 2.37. The molecule has 0 N–H and O–H groups in total. The molecular formula is C11H14O2. The molecule has 0 unspecified atom stereocenters. The van der Waals surface area contributed by atoms with Crippen LogP contribution in [0.1, 0.15) is 12.8 Å². The first kappa shape index (κ1) is 7.60. The lowest BCUT2D eigenvalue weighted by Gasteiger charge is -2.27. The summed E-state index contributed by atoms with van der Waals surface area (Å²) in [5.74, 6) is 2.80. The average molecular weight is 178 g/mol. The Morgan fingerprint density at radius 2 is 1.92 bits per heavy atom. The van der Waals surface area contributed by atoms with E-state index in [2.05, 4.69) is 12.2 Å². The van der Waals surface area contributed by atoms with Crippen LogP contribution >= 0.6 is 0 Å². The highest BCUT2D eigenvalue weighted by atomic mass is 16.5. The van der Waals surface area contributed by atoms with Crippen LogP contribution in [0.25, 0.3) is 0 Å². The molecule has 70 valence electrons. The van der Waals surface area contributed by atoms with Gasteiger partial charge in [-0.3, -0.25) is 4.79 Å². The van der Waals surface area contributed by atoms with E-state index < -0.39 is 0 Å². The van der Waals surface area contributed by atoms with E-state index in [4.69, 9.17) is 4.74 Å². The Hall–Kier alpha value is -0.790. The molecule has 2 saturated carbocycles. The molecule has 0 spiro atoms. The molecule has 0 radical (unpaired) electrons. The number of carbonyl (C=O) groups excluding carboxylic acids is 1. The Morgan fingerprint density at radius 3 is 2.54 bits per heavy atom. The van der Waals surface area contributed by atoms with Crippen molar-refractivity contribution in [3.05, 3.63) is 12.2 Å². The van der Waals surface area contributed by atoms with Crippen LogP contribution in [0.3, 0.4) is 0 Å². The number of allylic oxidation sites excluding steroid dienone is 2. The fraction of sp³-hybridized carbons (Fsp3) is 0.727. The van der Waals surface area contributed by atoms with Gasteiger partial charge >= 0.3 is 5.97 Å². The summed E-state index contributed by atoms with van der Waals surface area (Å²) >= 11 is 0. The first-order chi connectivity index (χ1) is 6.33. The minimum absolute atomic E-state index is 0.0200. The Labute approximate surface area is 78.0 Å². The topological polar surface area (TPSA) is 26.3 Å². The maximum Gasteiger partial charge on any atom is 0.309 e. The molecule has 0 aromatic heterocycles. The lowest BCUT2D eigenvalue weighted by atomic mass is 9.78.